The maximum Gasteiger partial charge on any atom is 0.222 e. The Hall–Kier alpha value is -1.01. The summed E-state index contributed by atoms with van der Waals surface area (Å²) in [5.41, 5.74) is 0. The van der Waals surface area contributed by atoms with Gasteiger partial charge < -0.3 is 10.6 Å². The average molecular weight is 168 g/mol. The number of carbonyl (C=O) groups is 1. The molecule has 2 N–H and O–H groups in total. The third-order valence-electron chi connectivity index (χ3n) is 1.55. The van der Waals surface area contributed by atoms with Crippen molar-refractivity contribution in [3.05, 3.63) is 0 Å². The topological polar surface area (TPSA) is 41.1 Å². The van der Waals surface area contributed by atoms with E-state index in [0.29, 0.717) is 13.0 Å². The molecule has 0 radical (unpaired) electrons. The summed E-state index contributed by atoms with van der Waals surface area (Å²) in [7, 11) is 1.81. The standard InChI is InChI=1S/C9H16N2O/c1-4-8(5-2)11-9(12)6-7-10-3/h1,8,10H,5-7H2,2-3H3,(H,11,12). The molecule has 68 valence electrons. The fraction of sp³-hybridized carbons (Fsp3) is 0.667. The monoisotopic (exact) mass is 168 g/mol. The predicted octanol–water partition coefficient (Wildman–Crippen LogP) is 0.124. The van der Waals surface area contributed by atoms with Gasteiger partial charge in [-0.05, 0) is 13.5 Å². The van der Waals surface area contributed by atoms with Crippen molar-refractivity contribution < 1.29 is 4.79 Å². The minimum Gasteiger partial charge on any atom is -0.342 e. The highest BCUT2D eigenvalue weighted by molar-refractivity contribution is 5.76. The Morgan fingerprint density at radius 3 is 2.75 bits per heavy atom. The molecule has 0 aliphatic carbocycles. The first-order chi connectivity index (χ1) is 5.74. The van der Waals surface area contributed by atoms with E-state index in [1.807, 2.05) is 14.0 Å². The van der Waals surface area contributed by atoms with Gasteiger partial charge in [0.2, 0.25) is 5.91 Å². The van der Waals surface area contributed by atoms with E-state index in [9.17, 15) is 4.79 Å². The zero-order valence-electron chi connectivity index (χ0n) is 7.68. The minimum atomic E-state index is -0.116. The molecule has 3 heteroatoms. The van der Waals surface area contributed by atoms with E-state index in [1.165, 1.54) is 0 Å². The molecule has 0 aromatic heterocycles. The van der Waals surface area contributed by atoms with Crippen molar-refractivity contribution in [2.75, 3.05) is 13.6 Å². The molecule has 1 amide bonds. The first-order valence-corrected chi connectivity index (χ1v) is 4.14. The average Bonchev–Trinajstić information content (AvgIpc) is 2.10. The van der Waals surface area contributed by atoms with Crippen LogP contribution in [-0.2, 0) is 4.79 Å². The van der Waals surface area contributed by atoms with Gasteiger partial charge in [-0.1, -0.05) is 12.8 Å². The van der Waals surface area contributed by atoms with Crippen LogP contribution in [-0.4, -0.2) is 25.5 Å². The lowest BCUT2D eigenvalue weighted by molar-refractivity contribution is -0.121. The Labute approximate surface area is 73.9 Å². The molecule has 12 heavy (non-hydrogen) atoms. The molecule has 0 rings (SSSR count). The fourth-order valence-electron chi connectivity index (χ4n) is 0.767. The minimum absolute atomic E-state index is 0.00847. The highest BCUT2D eigenvalue weighted by atomic mass is 16.1. The molecule has 3 nitrogen and oxygen atoms in total. The molecular formula is C9H16N2O. The van der Waals surface area contributed by atoms with Crippen molar-refractivity contribution in [3.8, 4) is 12.3 Å². The number of amides is 1. The van der Waals surface area contributed by atoms with E-state index in [1.54, 1.807) is 0 Å². The van der Waals surface area contributed by atoms with Gasteiger partial charge in [-0.15, -0.1) is 6.42 Å². The van der Waals surface area contributed by atoms with Crippen molar-refractivity contribution in [3.63, 3.8) is 0 Å². The molecule has 0 bridgehead atoms. The predicted molar refractivity (Wildman–Crippen MR) is 49.6 cm³/mol. The number of hydrogen-bond donors (Lipinski definition) is 2. The first-order valence-electron chi connectivity index (χ1n) is 4.14. The van der Waals surface area contributed by atoms with Crippen LogP contribution in [0, 0.1) is 12.3 Å². The Balaban J connectivity index is 3.61. The molecule has 0 fully saturated rings. The summed E-state index contributed by atoms with van der Waals surface area (Å²) in [5.74, 6) is 2.52. The molecule has 1 unspecified atom stereocenters. The second-order valence-electron chi connectivity index (χ2n) is 2.55. The lowest BCUT2D eigenvalue weighted by Gasteiger charge is -2.09. The molecule has 0 aliphatic rings. The van der Waals surface area contributed by atoms with E-state index in [0.717, 1.165) is 6.42 Å². The summed E-state index contributed by atoms with van der Waals surface area (Å²) in [6.07, 6.45) is 6.44. The summed E-state index contributed by atoms with van der Waals surface area (Å²) in [5, 5.41) is 5.63. The van der Waals surface area contributed by atoms with E-state index < -0.39 is 0 Å². The molecular weight excluding hydrogens is 152 g/mol. The molecule has 1 atom stereocenters. The van der Waals surface area contributed by atoms with Crippen LogP contribution in [0.1, 0.15) is 19.8 Å². The van der Waals surface area contributed by atoms with Crippen LogP contribution in [0.2, 0.25) is 0 Å². The SMILES string of the molecule is C#CC(CC)NC(=O)CCNC. The number of nitrogens with one attached hydrogen (secondary N) is 2. The Bertz CT molecular complexity index is 172. The lowest BCUT2D eigenvalue weighted by Crippen LogP contribution is -2.34. The van der Waals surface area contributed by atoms with Crippen molar-refractivity contribution in [1.29, 1.82) is 0 Å². The number of rotatable bonds is 5. The zero-order chi connectivity index (χ0) is 9.40. The van der Waals surface area contributed by atoms with Crippen molar-refractivity contribution in [2.45, 2.75) is 25.8 Å². The number of terminal acetylenes is 1. The third kappa shape index (κ3) is 4.75. The fourth-order valence-corrected chi connectivity index (χ4v) is 0.767. The maximum absolute atomic E-state index is 11.1. The van der Waals surface area contributed by atoms with E-state index >= 15 is 0 Å². The quantitative estimate of drug-likeness (QED) is 0.573. The Morgan fingerprint density at radius 1 is 1.67 bits per heavy atom. The van der Waals surface area contributed by atoms with Crippen LogP contribution in [0.5, 0.6) is 0 Å². The van der Waals surface area contributed by atoms with Gasteiger partial charge in [-0.25, -0.2) is 0 Å². The van der Waals surface area contributed by atoms with Crippen LogP contribution < -0.4 is 10.6 Å². The van der Waals surface area contributed by atoms with Gasteiger partial charge in [0, 0.05) is 13.0 Å². The Morgan fingerprint density at radius 2 is 2.33 bits per heavy atom. The van der Waals surface area contributed by atoms with Gasteiger partial charge in [0.25, 0.3) is 0 Å². The summed E-state index contributed by atoms with van der Waals surface area (Å²) in [4.78, 5) is 11.1. The summed E-state index contributed by atoms with van der Waals surface area (Å²) < 4.78 is 0. The van der Waals surface area contributed by atoms with Gasteiger partial charge in [0.05, 0.1) is 6.04 Å². The second kappa shape index (κ2) is 6.68. The molecule has 0 saturated carbocycles. The molecule has 0 aromatic rings. The van der Waals surface area contributed by atoms with Gasteiger partial charge in [-0.2, -0.15) is 0 Å². The van der Waals surface area contributed by atoms with Crippen molar-refractivity contribution in [1.82, 2.24) is 10.6 Å². The maximum atomic E-state index is 11.1. The molecule has 0 saturated heterocycles. The second-order valence-corrected chi connectivity index (χ2v) is 2.55. The Kier molecular flexibility index (Phi) is 6.12. The van der Waals surface area contributed by atoms with Crippen LogP contribution in [0.3, 0.4) is 0 Å². The number of carbonyl (C=O) groups excluding carboxylic acids is 1. The van der Waals surface area contributed by atoms with Crippen LogP contribution >= 0.6 is 0 Å². The summed E-state index contributed by atoms with van der Waals surface area (Å²) >= 11 is 0. The van der Waals surface area contributed by atoms with Gasteiger partial charge >= 0.3 is 0 Å². The highest BCUT2D eigenvalue weighted by Crippen LogP contribution is 1.88. The van der Waals surface area contributed by atoms with Crippen LogP contribution in [0.25, 0.3) is 0 Å². The first kappa shape index (κ1) is 11.0. The third-order valence-corrected chi connectivity index (χ3v) is 1.55. The van der Waals surface area contributed by atoms with E-state index in [4.69, 9.17) is 6.42 Å². The van der Waals surface area contributed by atoms with Crippen molar-refractivity contribution >= 4 is 5.91 Å². The van der Waals surface area contributed by atoms with Crippen molar-refractivity contribution in [2.24, 2.45) is 0 Å². The normalized spacial score (nSPS) is 11.8. The summed E-state index contributed by atoms with van der Waals surface area (Å²) in [6.45, 7) is 2.63. The largest absolute Gasteiger partial charge is 0.342 e. The molecule has 0 aromatic carbocycles. The number of hydrogen-bond acceptors (Lipinski definition) is 2. The van der Waals surface area contributed by atoms with E-state index in [-0.39, 0.29) is 11.9 Å². The molecule has 0 spiro atoms. The molecule has 0 aliphatic heterocycles. The van der Waals surface area contributed by atoms with E-state index in [2.05, 4.69) is 16.6 Å². The molecule has 0 heterocycles. The van der Waals surface area contributed by atoms with Crippen LogP contribution in [0.4, 0.5) is 0 Å². The zero-order valence-corrected chi connectivity index (χ0v) is 7.68. The van der Waals surface area contributed by atoms with Crippen LogP contribution in [0.15, 0.2) is 0 Å². The van der Waals surface area contributed by atoms with Gasteiger partial charge in [-0.3, -0.25) is 4.79 Å². The lowest BCUT2D eigenvalue weighted by atomic mass is 10.2. The smallest absolute Gasteiger partial charge is 0.222 e. The van der Waals surface area contributed by atoms with Gasteiger partial charge in [0.15, 0.2) is 0 Å². The van der Waals surface area contributed by atoms with Gasteiger partial charge in [0.1, 0.15) is 0 Å². The summed E-state index contributed by atoms with van der Waals surface area (Å²) in [6, 6.07) is -0.116. The highest BCUT2D eigenvalue weighted by Gasteiger charge is 2.05.